The van der Waals surface area contributed by atoms with Gasteiger partial charge in [0.15, 0.2) is 10.3 Å². The molecule has 1 N–H and O–H groups in total. The molecule has 4 aliphatic rings. The number of aliphatic imine (C=N–C) groups is 2. The largest absolute Gasteiger partial charge is 0.362 e. The maximum atomic E-state index is 4.92. The Morgan fingerprint density at radius 2 is 2.13 bits per heavy atom. The molecule has 0 radical (unpaired) electrons. The standard InChI is InChI=1S/C15H22N4S2.2ClH/c1-15(2)9-16-13(18-15)20-7-10-8-21-14-17-11-5-3-4-6-12(11)19(10)14;;/h8,11-12H,3-7,9H2,1-2H3,(H,16,18);2*1H/t11-,12-;;/m1../s1. The summed E-state index contributed by atoms with van der Waals surface area (Å²) in [5.41, 5.74) is 1.47. The van der Waals surface area contributed by atoms with E-state index in [1.165, 1.54) is 36.5 Å². The molecule has 2 atom stereocenters. The molecular weight excluding hydrogens is 371 g/mol. The average molecular weight is 395 g/mol. The molecule has 1 aliphatic carbocycles. The first kappa shape index (κ1) is 19.3. The SMILES string of the molecule is CC1(C)CNC(SCC2=CSC3=N[C@@H]4CCCC[C@H]4N23)=N1.Cl.Cl. The van der Waals surface area contributed by atoms with Crippen LogP contribution in [0.5, 0.6) is 0 Å². The van der Waals surface area contributed by atoms with E-state index in [9.17, 15) is 0 Å². The van der Waals surface area contributed by atoms with Gasteiger partial charge in [-0.1, -0.05) is 36.4 Å². The molecule has 4 rings (SSSR count). The van der Waals surface area contributed by atoms with E-state index in [0.717, 1.165) is 17.5 Å². The molecule has 8 heteroatoms. The van der Waals surface area contributed by atoms with Crippen LogP contribution in [0.4, 0.5) is 0 Å². The van der Waals surface area contributed by atoms with Crippen molar-refractivity contribution in [1.29, 1.82) is 0 Å². The Morgan fingerprint density at radius 3 is 2.87 bits per heavy atom. The second-order valence-electron chi connectivity index (χ2n) is 6.80. The third kappa shape index (κ3) is 3.80. The lowest BCUT2D eigenvalue weighted by Gasteiger charge is -2.31. The van der Waals surface area contributed by atoms with Crippen molar-refractivity contribution < 1.29 is 0 Å². The lowest BCUT2D eigenvalue weighted by atomic mass is 9.91. The summed E-state index contributed by atoms with van der Waals surface area (Å²) in [4.78, 5) is 12.2. The summed E-state index contributed by atoms with van der Waals surface area (Å²) in [7, 11) is 0. The van der Waals surface area contributed by atoms with Crippen molar-refractivity contribution in [3.8, 4) is 0 Å². The van der Waals surface area contributed by atoms with Crippen LogP contribution >= 0.6 is 48.3 Å². The van der Waals surface area contributed by atoms with Gasteiger partial charge in [-0.2, -0.15) is 0 Å². The van der Waals surface area contributed by atoms with Gasteiger partial charge in [0.2, 0.25) is 0 Å². The van der Waals surface area contributed by atoms with Crippen molar-refractivity contribution in [3.05, 3.63) is 11.1 Å². The van der Waals surface area contributed by atoms with Gasteiger partial charge in [0.05, 0.1) is 17.6 Å². The van der Waals surface area contributed by atoms with E-state index in [0.29, 0.717) is 12.1 Å². The number of hydrogen-bond acceptors (Lipinski definition) is 6. The van der Waals surface area contributed by atoms with E-state index in [1.807, 2.05) is 23.5 Å². The average Bonchev–Trinajstić information content (AvgIpc) is 3.10. The first-order valence-electron chi connectivity index (χ1n) is 7.82. The summed E-state index contributed by atoms with van der Waals surface area (Å²) < 4.78 is 0. The number of rotatable bonds is 2. The molecule has 3 aliphatic heterocycles. The molecule has 0 unspecified atom stereocenters. The Hall–Kier alpha value is -0.0400. The third-order valence-electron chi connectivity index (χ3n) is 4.55. The molecule has 4 nitrogen and oxygen atoms in total. The Kier molecular flexibility index (Phi) is 6.26. The summed E-state index contributed by atoms with van der Waals surface area (Å²) in [6, 6.07) is 1.18. The normalized spacial score (nSPS) is 30.2. The smallest absolute Gasteiger partial charge is 0.168 e. The number of nitrogens with one attached hydrogen (secondary N) is 1. The van der Waals surface area contributed by atoms with E-state index < -0.39 is 0 Å². The van der Waals surface area contributed by atoms with E-state index in [2.05, 4.69) is 29.5 Å². The lowest BCUT2D eigenvalue weighted by molar-refractivity contribution is 0.285. The first-order chi connectivity index (χ1) is 10.1. The topological polar surface area (TPSA) is 40.0 Å². The fraction of sp³-hybridized carbons (Fsp3) is 0.733. The molecule has 0 aromatic carbocycles. The van der Waals surface area contributed by atoms with Crippen molar-refractivity contribution in [3.63, 3.8) is 0 Å². The minimum Gasteiger partial charge on any atom is -0.362 e. The lowest BCUT2D eigenvalue weighted by Crippen LogP contribution is -2.39. The monoisotopic (exact) mass is 394 g/mol. The van der Waals surface area contributed by atoms with Gasteiger partial charge in [0.25, 0.3) is 0 Å². The van der Waals surface area contributed by atoms with E-state index in [1.54, 1.807) is 0 Å². The van der Waals surface area contributed by atoms with E-state index >= 15 is 0 Å². The van der Waals surface area contributed by atoms with E-state index in [4.69, 9.17) is 9.98 Å². The van der Waals surface area contributed by atoms with Gasteiger partial charge in [-0.15, -0.1) is 24.8 Å². The van der Waals surface area contributed by atoms with Crippen LogP contribution in [-0.2, 0) is 0 Å². The van der Waals surface area contributed by atoms with Crippen LogP contribution in [-0.4, -0.2) is 45.2 Å². The molecule has 130 valence electrons. The molecule has 0 spiro atoms. The molecule has 0 aromatic rings. The molecule has 1 fully saturated rings. The second kappa shape index (κ2) is 7.46. The maximum Gasteiger partial charge on any atom is 0.168 e. The Bertz CT molecular complexity index is 548. The zero-order chi connectivity index (χ0) is 14.4. The second-order valence-corrected chi connectivity index (χ2v) is 8.60. The Labute approximate surface area is 159 Å². The van der Waals surface area contributed by atoms with Gasteiger partial charge >= 0.3 is 0 Å². The van der Waals surface area contributed by atoms with Gasteiger partial charge in [-0.3, -0.25) is 9.98 Å². The summed E-state index contributed by atoms with van der Waals surface area (Å²) >= 11 is 3.64. The van der Waals surface area contributed by atoms with Crippen LogP contribution in [0.15, 0.2) is 21.1 Å². The molecule has 0 saturated heterocycles. The van der Waals surface area contributed by atoms with Crippen LogP contribution in [0.25, 0.3) is 0 Å². The Morgan fingerprint density at radius 1 is 1.35 bits per heavy atom. The predicted molar refractivity (Wildman–Crippen MR) is 107 cm³/mol. The molecule has 0 amide bonds. The van der Waals surface area contributed by atoms with Gasteiger partial charge in [0, 0.05) is 18.0 Å². The van der Waals surface area contributed by atoms with Gasteiger partial charge in [-0.05, 0) is 32.1 Å². The fourth-order valence-electron chi connectivity index (χ4n) is 3.46. The quantitative estimate of drug-likeness (QED) is 0.771. The summed E-state index contributed by atoms with van der Waals surface area (Å²) in [6.45, 7) is 5.30. The summed E-state index contributed by atoms with van der Waals surface area (Å²) in [6.07, 6.45) is 5.27. The van der Waals surface area contributed by atoms with Crippen LogP contribution in [0.1, 0.15) is 39.5 Å². The highest BCUT2D eigenvalue weighted by molar-refractivity contribution is 8.17. The fourth-order valence-corrected chi connectivity index (χ4v) is 5.56. The van der Waals surface area contributed by atoms with Gasteiger partial charge < -0.3 is 10.2 Å². The van der Waals surface area contributed by atoms with E-state index in [-0.39, 0.29) is 30.4 Å². The predicted octanol–water partition coefficient (Wildman–Crippen LogP) is 3.87. The van der Waals surface area contributed by atoms with Crippen LogP contribution in [0.3, 0.4) is 0 Å². The zero-order valence-electron chi connectivity index (χ0n) is 13.4. The summed E-state index contributed by atoms with van der Waals surface area (Å²) in [5.74, 6) is 0.997. The molecule has 0 bridgehead atoms. The minimum atomic E-state index is 0. The summed E-state index contributed by atoms with van der Waals surface area (Å²) in [5, 5.41) is 8.04. The number of amidine groups is 2. The first-order valence-corrected chi connectivity index (χ1v) is 9.68. The molecule has 3 heterocycles. The van der Waals surface area contributed by atoms with Gasteiger partial charge in [-0.25, -0.2) is 0 Å². The number of thioether (sulfide) groups is 2. The third-order valence-corrected chi connectivity index (χ3v) is 6.40. The zero-order valence-corrected chi connectivity index (χ0v) is 16.7. The van der Waals surface area contributed by atoms with Crippen LogP contribution in [0.2, 0.25) is 0 Å². The number of halogens is 2. The highest BCUT2D eigenvalue weighted by Crippen LogP contribution is 2.41. The van der Waals surface area contributed by atoms with Crippen molar-refractivity contribution in [2.45, 2.75) is 57.2 Å². The number of hydrogen-bond donors (Lipinski definition) is 1. The molecule has 23 heavy (non-hydrogen) atoms. The van der Waals surface area contributed by atoms with Crippen LogP contribution < -0.4 is 5.32 Å². The molecular formula is C15H24Cl2N4S2. The van der Waals surface area contributed by atoms with Crippen molar-refractivity contribution in [2.75, 3.05) is 12.3 Å². The highest BCUT2D eigenvalue weighted by Gasteiger charge is 2.41. The van der Waals surface area contributed by atoms with Crippen molar-refractivity contribution >= 4 is 58.7 Å². The molecule has 0 aromatic heterocycles. The minimum absolute atomic E-state index is 0. The van der Waals surface area contributed by atoms with Crippen molar-refractivity contribution in [1.82, 2.24) is 10.2 Å². The Balaban J connectivity index is 0.000000960. The van der Waals surface area contributed by atoms with Gasteiger partial charge in [0.1, 0.15) is 0 Å². The van der Waals surface area contributed by atoms with Crippen LogP contribution in [0, 0.1) is 0 Å². The highest BCUT2D eigenvalue weighted by atomic mass is 35.5. The molecule has 1 saturated carbocycles. The number of nitrogens with zero attached hydrogens (tertiary/aromatic N) is 3. The number of fused-ring (bicyclic) bond motifs is 3. The van der Waals surface area contributed by atoms with Crippen molar-refractivity contribution in [2.24, 2.45) is 9.98 Å². The maximum absolute atomic E-state index is 4.92.